The minimum absolute atomic E-state index is 0.130. The van der Waals surface area contributed by atoms with Crippen LogP contribution in [-0.2, 0) is 10.4 Å². The molecule has 0 radical (unpaired) electrons. The van der Waals surface area contributed by atoms with Gasteiger partial charge in [-0.05, 0) is 24.5 Å². The highest BCUT2D eigenvalue weighted by atomic mass is 32.2. The van der Waals surface area contributed by atoms with E-state index in [1.807, 2.05) is 18.4 Å². The third kappa shape index (κ3) is 3.08. The Morgan fingerprint density at radius 3 is 2.63 bits per heavy atom. The van der Waals surface area contributed by atoms with Crippen molar-refractivity contribution in [1.82, 2.24) is 25.0 Å². The summed E-state index contributed by atoms with van der Waals surface area (Å²) in [6, 6.07) is 8.83. The monoisotopic (exact) mass is 383 g/mol. The number of hydrogen-bond donors (Lipinski definition) is 1. The van der Waals surface area contributed by atoms with E-state index in [9.17, 15) is 9.90 Å². The summed E-state index contributed by atoms with van der Waals surface area (Å²) in [6.45, 7) is 0.463. The number of hydrogen-bond acceptors (Lipinski definition) is 8. The number of rotatable bonds is 4. The van der Waals surface area contributed by atoms with Crippen LogP contribution in [0.15, 0.2) is 46.2 Å². The van der Waals surface area contributed by atoms with E-state index < -0.39 is 11.5 Å². The standard InChI is InChI=1S/C18H17N5O3S/c1-23-9-7-18(25,16(23)24)15-10-14(22-26-15)12-5-3-4-11(20-12)13-6-8-19-17(21-13)27-2/h3-6,8,10,25H,7,9H2,1-2H3/t18-/m1/s1. The van der Waals surface area contributed by atoms with Crippen molar-refractivity contribution in [2.75, 3.05) is 19.8 Å². The van der Waals surface area contributed by atoms with Gasteiger partial charge in [-0.15, -0.1) is 0 Å². The summed E-state index contributed by atoms with van der Waals surface area (Å²) in [4.78, 5) is 26.9. The quantitative estimate of drug-likeness (QED) is 0.538. The van der Waals surface area contributed by atoms with E-state index in [1.165, 1.54) is 16.7 Å². The second-order valence-corrected chi connectivity index (χ2v) is 7.02. The van der Waals surface area contributed by atoms with Crippen molar-refractivity contribution < 1.29 is 14.4 Å². The summed E-state index contributed by atoms with van der Waals surface area (Å²) >= 11 is 1.45. The first-order valence-corrected chi connectivity index (χ1v) is 9.54. The fraction of sp³-hybridized carbons (Fsp3) is 0.278. The van der Waals surface area contributed by atoms with Gasteiger partial charge < -0.3 is 14.5 Å². The first kappa shape index (κ1) is 17.6. The van der Waals surface area contributed by atoms with Gasteiger partial charge in [0, 0.05) is 32.3 Å². The Morgan fingerprint density at radius 1 is 1.19 bits per heavy atom. The highest BCUT2D eigenvalue weighted by molar-refractivity contribution is 7.98. The molecule has 1 aliphatic heterocycles. The third-order valence-electron chi connectivity index (χ3n) is 4.52. The number of aromatic nitrogens is 4. The van der Waals surface area contributed by atoms with E-state index in [2.05, 4.69) is 20.1 Å². The summed E-state index contributed by atoms with van der Waals surface area (Å²) in [5, 5.41) is 15.3. The zero-order valence-corrected chi connectivity index (χ0v) is 15.6. The fourth-order valence-electron chi connectivity index (χ4n) is 2.97. The lowest BCUT2D eigenvalue weighted by atomic mass is 9.98. The lowest BCUT2D eigenvalue weighted by Crippen LogP contribution is -2.35. The first-order valence-electron chi connectivity index (χ1n) is 8.31. The number of likely N-dealkylation sites (tertiary alicyclic amines) is 1. The zero-order chi connectivity index (χ0) is 19.0. The molecule has 4 rings (SSSR count). The summed E-state index contributed by atoms with van der Waals surface area (Å²) < 4.78 is 5.29. The molecule has 4 heterocycles. The normalized spacial score (nSPS) is 19.7. The van der Waals surface area contributed by atoms with Crippen molar-refractivity contribution in [3.8, 4) is 22.8 Å². The van der Waals surface area contributed by atoms with Crippen molar-refractivity contribution in [2.45, 2.75) is 17.2 Å². The highest BCUT2D eigenvalue weighted by Gasteiger charge is 2.48. The van der Waals surface area contributed by atoms with Crippen molar-refractivity contribution in [1.29, 1.82) is 0 Å². The highest BCUT2D eigenvalue weighted by Crippen LogP contribution is 2.34. The Morgan fingerprint density at radius 2 is 1.93 bits per heavy atom. The van der Waals surface area contributed by atoms with Crippen LogP contribution in [0.2, 0.25) is 0 Å². The molecule has 1 aliphatic rings. The lowest BCUT2D eigenvalue weighted by molar-refractivity contribution is -0.144. The molecule has 1 amide bonds. The van der Waals surface area contributed by atoms with Crippen LogP contribution in [0.4, 0.5) is 0 Å². The molecule has 0 aromatic carbocycles. The van der Waals surface area contributed by atoms with Gasteiger partial charge in [0.2, 0.25) is 5.60 Å². The SMILES string of the molecule is CSc1nccc(-c2cccc(-c3cc([C@]4(O)CCN(C)C4=O)on3)n2)n1. The zero-order valence-electron chi connectivity index (χ0n) is 14.8. The molecule has 0 unspecified atom stereocenters. The Balaban J connectivity index is 1.67. The molecule has 1 N–H and O–H groups in total. The van der Waals surface area contributed by atoms with Gasteiger partial charge in [0.15, 0.2) is 10.9 Å². The number of thioether (sulfide) groups is 1. The van der Waals surface area contributed by atoms with Gasteiger partial charge in [-0.3, -0.25) is 4.79 Å². The summed E-state index contributed by atoms with van der Waals surface area (Å²) in [5.74, 6) is -0.261. The number of pyridine rings is 1. The Hall–Kier alpha value is -2.78. The largest absolute Gasteiger partial charge is 0.373 e. The number of carbonyl (C=O) groups excluding carboxylic acids is 1. The molecule has 8 nitrogen and oxygen atoms in total. The summed E-state index contributed by atoms with van der Waals surface area (Å²) in [6.07, 6.45) is 3.86. The molecule has 0 bridgehead atoms. The van der Waals surface area contributed by atoms with Gasteiger partial charge in [-0.25, -0.2) is 15.0 Å². The average molecular weight is 383 g/mol. The van der Waals surface area contributed by atoms with Gasteiger partial charge in [-0.1, -0.05) is 23.0 Å². The average Bonchev–Trinajstić information content (AvgIpc) is 3.31. The Bertz CT molecular complexity index is 1010. The maximum Gasteiger partial charge on any atom is 0.262 e. The van der Waals surface area contributed by atoms with E-state index in [-0.39, 0.29) is 12.2 Å². The number of amides is 1. The number of carbonyl (C=O) groups is 1. The predicted molar refractivity (Wildman–Crippen MR) is 98.7 cm³/mol. The molecular weight excluding hydrogens is 366 g/mol. The van der Waals surface area contributed by atoms with Crippen LogP contribution in [0.3, 0.4) is 0 Å². The van der Waals surface area contributed by atoms with Crippen LogP contribution in [0.1, 0.15) is 12.2 Å². The molecule has 0 aliphatic carbocycles. The molecule has 0 saturated carbocycles. The predicted octanol–water partition coefficient (Wildman–Crippen LogP) is 1.97. The molecule has 9 heteroatoms. The van der Waals surface area contributed by atoms with Gasteiger partial charge in [0.05, 0.1) is 17.1 Å². The van der Waals surface area contributed by atoms with Gasteiger partial charge in [-0.2, -0.15) is 0 Å². The maximum absolute atomic E-state index is 12.2. The van der Waals surface area contributed by atoms with E-state index >= 15 is 0 Å². The molecular formula is C18H17N5O3S. The summed E-state index contributed by atoms with van der Waals surface area (Å²) in [5.41, 5.74) is 0.713. The number of aliphatic hydroxyl groups is 1. The third-order valence-corrected chi connectivity index (χ3v) is 5.08. The van der Waals surface area contributed by atoms with Gasteiger partial charge in [0.25, 0.3) is 5.91 Å². The Kier molecular flexibility index (Phi) is 4.40. The Labute approximate surface area is 159 Å². The number of nitrogens with zero attached hydrogens (tertiary/aromatic N) is 5. The van der Waals surface area contributed by atoms with Crippen LogP contribution in [0.25, 0.3) is 22.8 Å². The summed E-state index contributed by atoms with van der Waals surface area (Å²) in [7, 11) is 1.65. The molecule has 1 atom stereocenters. The second-order valence-electron chi connectivity index (χ2n) is 6.25. The molecule has 138 valence electrons. The van der Waals surface area contributed by atoms with Gasteiger partial charge >= 0.3 is 0 Å². The van der Waals surface area contributed by atoms with Crippen molar-refractivity contribution >= 4 is 17.7 Å². The van der Waals surface area contributed by atoms with E-state index in [4.69, 9.17) is 4.52 Å². The topological polar surface area (TPSA) is 105 Å². The minimum Gasteiger partial charge on any atom is -0.373 e. The molecule has 1 fully saturated rings. The number of likely N-dealkylation sites (N-methyl/N-ethyl adjacent to an activating group) is 1. The van der Waals surface area contributed by atoms with Crippen molar-refractivity contribution in [2.24, 2.45) is 0 Å². The van der Waals surface area contributed by atoms with Gasteiger partial charge in [0.1, 0.15) is 5.69 Å². The van der Waals surface area contributed by atoms with Crippen molar-refractivity contribution in [3.05, 3.63) is 42.3 Å². The molecule has 3 aromatic heterocycles. The molecule has 1 saturated heterocycles. The van der Waals surface area contributed by atoms with Crippen LogP contribution < -0.4 is 0 Å². The minimum atomic E-state index is -1.67. The van der Waals surface area contributed by atoms with Crippen LogP contribution in [0, 0.1) is 0 Å². The maximum atomic E-state index is 12.2. The smallest absolute Gasteiger partial charge is 0.262 e. The fourth-order valence-corrected chi connectivity index (χ4v) is 3.33. The van der Waals surface area contributed by atoms with E-state index in [1.54, 1.807) is 31.4 Å². The van der Waals surface area contributed by atoms with E-state index in [0.717, 1.165) is 0 Å². The first-order chi connectivity index (χ1) is 13.0. The van der Waals surface area contributed by atoms with Crippen LogP contribution in [-0.4, -0.2) is 55.9 Å². The van der Waals surface area contributed by atoms with Crippen LogP contribution in [0.5, 0.6) is 0 Å². The molecule has 0 spiro atoms. The second kappa shape index (κ2) is 6.75. The van der Waals surface area contributed by atoms with Crippen LogP contribution >= 0.6 is 11.8 Å². The lowest BCUT2D eigenvalue weighted by Gasteiger charge is -2.16. The van der Waals surface area contributed by atoms with Crippen molar-refractivity contribution in [3.63, 3.8) is 0 Å². The molecule has 3 aromatic rings. The van der Waals surface area contributed by atoms with E-state index in [0.29, 0.717) is 34.5 Å². The molecule has 27 heavy (non-hydrogen) atoms.